The molecule has 0 atom stereocenters. The van der Waals surface area contributed by atoms with Gasteiger partial charge in [0.2, 0.25) is 0 Å². The van der Waals surface area contributed by atoms with Gasteiger partial charge in [-0.3, -0.25) is 0 Å². The minimum atomic E-state index is -0.319. The molecule has 0 bridgehead atoms. The third kappa shape index (κ3) is 2.52. The van der Waals surface area contributed by atoms with Crippen molar-refractivity contribution in [2.75, 3.05) is 13.2 Å². The molecule has 2 N–H and O–H groups in total. The predicted octanol–water partition coefficient (Wildman–Crippen LogP) is 0.660. The highest BCUT2D eigenvalue weighted by Gasteiger charge is 1.95. The molecule has 48 valence electrons. The largest absolute Gasteiger partial charge is 0.391 e. The summed E-state index contributed by atoms with van der Waals surface area (Å²) in [7, 11) is 0. The summed E-state index contributed by atoms with van der Waals surface area (Å²) in [6, 6.07) is 0. The fraction of sp³-hybridized carbons (Fsp3) is 0.500. The minimum absolute atomic E-state index is 0.0918. The van der Waals surface area contributed by atoms with Gasteiger partial charge in [0.1, 0.15) is 0 Å². The van der Waals surface area contributed by atoms with Crippen LogP contribution in [0.5, 0.6) is 0 Å². The van der Waals surface area contributed by atoms with Crippen LogP contribution < -0.4 is 0 Å². The van der Waals surface area contributed by atoms with Gasteiger partial charge in [-0.2, -0.15) is 0 Å². The maximum absolute atomic E-state index is 8.25. The van der Waals surface area contributed by atoms with Crippen molar-refractivity contribution >= 4 is 23.2 Å². The highest BCUT2D eigenvalue weighted by Crippen LogP contribution is 2.10. The summed E-state index contributed by atoms with van der Waals surface area (Å²) in [6.45, 7) is -0.637. The maximum Gasteiger partial charge on any atom is 0.0800 e. The highest BCUT2D eigenvalue weighted by molar-refractivity contribution is 6.39. The van der Waals surface area contributed by atoms with E-state index in [1.165, 1.54) is 0 Å². The van der Waals surface area contributed by atoms with Crippen LogP contribution >= 0.6 is 23.2 Å². The summed E-state index contributed by atoms with van der Waals surface area (Å²) in [6.07, 6.45) is 0. The Labute approximate surface area is 57.3 Å². The second-order valence-electron chi connectivity index (χ2n) is 1.13. The molecule has 0 amide bonds. The zero-order valence-corrected chi connectivity index (χ0v) is 5.58. The van der Waals surface area contributed by atoms with Crippen LogP contribution in [0.3, 0.4) is 0 Å². The predicted molar refractivity (Wildman–Crippen MR) is 32.9 cm³/mol. The first-order valence-corrected chi connectivity index (χ1v) is 2.72. The van der Waals surface area contributed by atoms with E-state index in [-0.39, 0.29) is 23.3 Å². The van der Waals surface area contributed by atoms with Gasteiger partial charge in [0.15, 0.2) is 0 Å². The molecule has 0 aromatic carbocycles. The van der Waals surface area contributed by atoms with Gasteiger partial charge in [-0.15, -0.1) is 0 Å². The number of rotatable bonds is 2. The van der Waals surface area contributed by atoms with Gasteiger partial charge < -0.3 is 10.2 Å². The molecule has 0 fully saturated rings. The molecule has 0 radical (unpaired) electrons. The lowest BCUT2D eigenvalue weighted by Gasteiger charge is -1.93. The van der Waals surface area contributed by atoms with Gasteiger partial charge >= 0.3 is 0 Å². The Balaban J connectivity index is 3.83. The van der Waals surface area contributed by atoms with Gasteiger partial charge in [-0.05, 0) is 0 Å². The molecule has 8 heavy (non-hydrogen) atoms. The fourth-order valence-corrected chi connectivity index (χ4v) is 0.291. The smallest absolute Gasteiger partial charge is 0.0800 e. The lowest BCUT2D eigenvalue weighted by molar-refractivity contribution is 0.323. The summed E-state index contributed by atoms with van der Waals surface area (Å²) in [4.78, 5) is 0. The Morgan fingerprint density at radius 2 is 1.25 bits per heavy atom. The molecule has 0 saturated carbocycles. The number of hydrogen-bond donors (Lipinski definition) is 2. The molecule has 4 heteroatoms. The SMILES string of the molecule is OCC(Cl)=C(Cl)CO. The highest BCUT2D eigenvalue weighted by atomic mass is 35.5. The van der Waals surface area contributed by atoms with Gasteiger partial charge in [0.25, 0.3) is 0 Å². The van der Waals surface area contributed by atoms with Crippen molar-refractivity contribution < 1.29 is 10.2 Å². The summed E-state index contributed by atoms with van der Waals surface area (Å²) >= 11 is 10.5. The van der Waals surface area contributed by atoms with Crippen molar-refractivity contribution in [3.05, 3.63) is 10.1 Å². The van der Waals surface area contributed by atoms with E-state index in [4.69, 9.17) is 33.4 Å². The van der Waals surface area contributed by atoms with Gasteiger partial charge in [-0.1, -0.05) is 23.2 Å². The molecule has 0 rings (SSSR count). The Morgan fingerprint density at radius 1 is 1.00 bits per heavy atom. The molecular formula is C4H6Cl2O2. The van der Waals surface area contributed by atoms with E-state index < -0.39 is 0 Å². The van der Waals surface area contributed by atoms with E-state index in [9.17, 15) is 0 Å². The first kappa shape index (κ1) is 8.24. The molecule has 0 aliphatic rings. The number of hydrogen-bond acceptors (Lipinski definition) is 2. The van der Waals surface area contributed by atoms with Crippen LogP contribution in [0.4, 0.5) is 0 Å². The first-order chi connectivity index (χ1) is 3.72. The third-order valence-electron chi connectivity index (χ3n) is 0.572. The van der Waals surface area contributed by atoms with Crippen LogP contribution in [-0.2, 0) is 0 Å². The van der Waals surface area contributed by atoms with E-state index in [0.717, 1.165) is 0 Å². The van der Waals surface area contributed by atoms with Gasteiger partial charge in [0, 0.05) is 0 Å². The van der Waals surface area contributed by atoms with Crippen LogP contribution in [0.1, 0.15) is 0 Å². The van der Waals surface area contributed by atoms with Crippen molar-refractivity contribution in [1.82, 2.24) is 0 Å². The molecule has 2 nitrogen and oxygen atoms in total. The maximum atomic E-state index is 8.25. The quantitative estimate of drug-likeness (QED) is 0.618. The molecule has 0 heterocycles. The monoisotopic (exact) mass is 156 g/mol. The van der Waals surface area contributed by atoms with Crippen LogP contribution in [0.2, 0.25) is 0 Å². The second kappa shape index (κ2) is 4.15. The molecule has 0 aliphatic carbocycles. The number of aliphatic hydroxyl groups excluding tert-OH is 2. The van der Waals surface area contributed by atoms with E-state index in [1.807, 2.05) is 0 Å². The molecule has 0 aromatic heterocycles. The van der Waals surface area contributed by atoms with E-state index in [0.29, 0.717) is 0 Å². The van der Waals surface area contributed by atoms with Crippen molar-refractivity contribution in [3.8, 4) is 0 Å². The molecular weight excluding hydrogens is 151 g/mol. The van der Waals surface area contributed by atoms with Crippen molar-refractivity contribution in [3.63, 3.8) is 0 Å². The topological polar surface area (TPSA) is 40.5 Å². The average Bonchev–Trinajstić information content (AvgIpc) is 1.84. The van der Waals surface area contributed by atoms with Gasteiger partial charge in [0.05, 0.1) is 23.3 Å². The minimum Gasteiger partial charge on any atom is -0.391 e. The summed E-state index contributed by atoms with van der Waals surface area (Å²) in [5.74, 6) is 0. The normalized spacial score (nSPS) is 13.5. The van der Waals surface area contributed by atoms with E-state index >= 15 is 0 Å². The van der Waals surface area contributed by atoms with E-state index in [1.54, 1.807) is 0 Å². The molecule has 0 aliphatic heterocycles. The summed E-state index contributed by atoms with van der Waals surface area (Å²) < 4.78 is 0. The van der Waals surface area contributed by atoms with Crippen LogP contribution in [0.15, 0.2) is 10.1 Å². The Bertz CT molecular complexity index is 88.2. The second-order valence-corrected chi connectivity index (χ2v) is 2.04. The van der Waals surface area contributed by atoms with Crippen molar-refractivity contribution in [1.29, 1.82) is 0 Å². The summed E-state index contributed by atoms with van der Waals surface area (Å²) in [5, 5.41) is 16.7. The zero-order chi connectivity index (χ0) is 6.57. The lowest BCUT2D eigenvalue weighted by atomic mass is 10.5. The Kier molecular flexibility index (Phi) is 4.28. The number of halogens is 2. The third-order valence-corrected chi connectivity index (χ3v) is 1.36. The fourth-order valence-electron chi connectivity index (χ4n) is 0.172. The van der Waals surface area contributed by atoms with Crippen molar-refractivity contribution in [2.45, 2.75) is 0 Å². The molecule has 0 saturated heterocycles. The Hall–Kier alpha value is 0.240. The molecule has 0 spiro atoms. The molecule has 0 aromatic rings. The number of aliphatic hydroxyl groups is 2. The van der Waals surface area contributed by atoms with Crippen LogP contribution in [0, 0.1) is 0 Å². The zero-order valence-electron chi connectivity index (χ0n) is 4.06. The summed E-state index contributed by atoms with van der Waals surface area (Å²) in [5.41, 5.74) is 0. The van der Waals surface area contributed by atoms with Crippen LogP contribution in [-0.4, -0.2) is 23.4 Å². The van der Waals surface area contributed by atoms with Crippen LogP contribution in [0.25, 0.3) is 0 Å². The Morgan fingerprint density at radius 3 is 1.38 bits per heavy atom. The lowest BCUT2D eigenvalue weighted by Crippen LogP contribution is -1.89. The average molecular weight is 157 g/mol. The molecule has 0 unspecified atom stereocenters. The van der Waals surface area contributed by atoms with Gasteiger partial charge in [-0.25, -0.2) is 0 Å². The van der Waals surface area contributed by atoms with E-state index in [2.05, 4.69) is 0 Å². The van der Waals surface area contributed by atoms with Crippen molar-refractivity contribution in [2.24, 2.45) is 0 Å². The standard InChI is InChI=1S/C4H6Cl2O2/c5-3(1-7)4(6)2-8/h7-8H,1-2H2. The first-order valence-electron chi connectivity index (χ1n) is 1.97.